The first kappa shape index (κ1) is 16.4. The van der Waals surface area contributed by atoms with E-state index in [1.54, 1.807) is 12.3 Å². The van der Waals surface area contributed by atoms with Crippen LogP contribution in [0.5, 0.6) is 0 Å². The smallest absolute Gasteiger partial charge is 0.272 e. The molecule has 0 radical (unpaired) electrons. The summed E-state index contributed by atoms with van der Waals surface area (Å²) >= 11 is 0. The Balaban J connectivity index is 2.15. The highest BCUT2D eigenvalue weighted by Crippen LogP contribution is 2.16. The third-order valence-corrected chi connectivity index (χ3v) is 4.16. The molecule has 5 nitrogen and oxygen atoms in total. The van der Waals surface area contributed by atoms with Crippen LogP contribution in [0.2, 0.25) is 0 Å². The molecule has 0 aliphatic rings. The van der Waals surface area contributed by atoms with Crippen molar-refractivity contribution in [3.8, 4) is 0 Å². The van der Waals surface area contributed by atoms with Gasteiger partial charge in [0.05, 0.1) is 6.04 Å². The molecule has 2 rings (SSSR count). The highest BCUT2D eigenvalue weighted by atomic mass is 32.2. The first-order valence-corrected chi connectivity index (χ1v) is 8.91. The molecule has 1 aromatic heterocycles. The van der Waals surface area contributed by atoms with Crippen LogP contribution in [0.25, 0.3) is 0 Å². The van der Waals surface area contributed by atoms with Gasteiger partial charge >= 0.3 is 0 Å². The third-order valence-electron chi connectivity index (χ3n) is 3.36. The third kappa shape index (κ3) is 4.27. The Labute approximate surface area is 133 Å². The van der Waals surface area contributed by atoms with Crippen molar-refractivity contribution in [2.24, 2.45) is 0 Å². The molecule has 2 N–H and O–H groups in total. The van der Waals surface area contributed by atoms with E-state index in [1.807, 2.05) is 44.2 Å². The molecular weight excluding hydrogens is 298 g/mol. The summed E-state index contributed by atoms with van der Waals surface area (Å²) in [5.74, 6) is 0.390. The molecule has 2 atom stereocenters. The van der Waals surface area contributed by atoms with Crippen molar-refractivity contribution >= 4 is 16.7 Å². The molecule has 0 unspecified atom stereocenters. The number of H-pyrrole nitrogens is 1. The fraction of sp³-hybridized carbons (Fsp3) is 0.375. The van der Waals surface area contributed by atoms with Gasteiger partial charge in [0.2, 0.25) is 0 Å². The maximum absolute atomic E-state index is 12.4. The Morgan fingerprint density at radius 3 is 2.55 bits per heavy atom. The Morgan fingerprint density at radius 1 is 1.32 bits per heavy atom. The molecule has 0 saturated heterocycles. The van der Waals surface area contributed by atoms with E-state index in [0.29, 0.717) is 11.4 Å². The molecule has 2 aromatic rings. The van der Waals surface area contributed by atoms with Gasteiger partial charge in [-0.1, -0.05) is 44.2 Å². The first-order valence-electron chi connectivity index (χ1n) is 7.18. The molecule has 118 valence electrons. The molecule has 0 aliphatic carbocycles. The van der Waals surface area contributed by atoms with E-state index >= 15 is 0 Å². The first-order chi connectivity index (χ1) is 10.5. The second-order valence-electron chi connectivity index (χ2n) is 5.54. The topological polar surface area (TPSA) is 74.8 Å². The zero-order valence-electron chi connectivity index (χ0n) is 13.0. The summed E-state index contributed by atoms with van der Waals surface area (Å²) in [5, 5.41) is 9.84. The minimum atomic E-state index is -1.01. The van der Waals surface area contributed by atoms with Gasteiger partial charge in [0.1, 0.15) is 5.69 Å². The number of carbonyl (C=O) groups is 1. The highest BCUT2D eigenvalue weighted by molar-refractivity contribution is 7.84. The number of carbonyl (C=O) groups excluding carboxylic acids is 1. The van der Waals surface area contributed by atoms with Gasteiger partial charge in [-0.05, 0) is 17.5 Å². The summed E-state index contributed by atoms with van der Waals surface area (Å²) in [6.45, 7) is 4.06. The van der Waals surface area contributed by atoms with Crippen molar-refractivity contribution < 1.29 is 9.00 Å². The van der Waals surface area contributed by atoms with Crippen LogP contribution in [0.4, 0.5) is 0 Å². The van der Waals surface area contributed by atoms with Gasteiger partial charge in [-0.3, -0.25) is 14.1 Å². The number of nitrogens with one attached hydrogen (secondary N) is 2. The normalized spacial score (nSPS) is 13.8. The molecule has 1 amide bonds. The van der Waals surface area contributed by atoms with Gasteiger partial charge in [0, 0.05) is 28.5 Å². The van der Waals surface area contributed by atoms with E-state index in [9.17, 15) is 9.00 Å². The lowest BCUT2D eigenvalue weighted by Gasteiger charge is -2.17. The van der Waals surface area contributed by atoms with Gasteiger partial charge < -0.3 is 5.32 Å². The molecule has 0 fully saturated rings. The molecule has 0 saturated carbocycles. The van der Waals surface area contributed by atoms with Crippen LogP contribution in [0.1, 0.15) is 47.6 Å². The fourth-order valence-corrected chi connectivity index (χ4v) is 2.87. The van der Waals surface area contributed by atoms with Crippen LogP contribution >= 0.6 is 0 Å². The molecule has 1 aromatic carbocycles. The van der Waals surface area contributed by atoms with E-state index < -0.39 is 10.8 Å². The van der Waals surface area contributed by atoms with Crippen LogP contribution in [0, 0.1) is 0 Å². The summed E-state index contributed by atoms with van der Waals surface area (Å²) in [6.07, 6.45) is 1.63. The maximum Gasteiger partial charge on any atom is 0.272 e. The van der Waals surface area contributed by atoms with E-state index in [2.05, 4.69) is 15.5 Å². The maximum atomic E-state index is 12.4. The molecular formula is C16H21N3O2S. The average molecular weight is 319 g/mol. The van der Waals surface area contributed by atoms with Crippen LogP contribution in [0.15, 0.2) is 36.4 Å². The van der Waals surface area contributed by atoms with E-state index in [1.165, 1.54) is 0 Å². The predicted octanol–water partition coefficient (Wildman–Crippen LogP) is 2.38. The lowest BCUT2D eigenvalue weighted by molar-refractivity contribution is 0.0935. The fourth-order valence-electron chi connectivity index (χ4n) is 2.12. The summed E-state index contributed by atoms with van der Waals surface area (Å²) in [5.41, 5.74) is 2.21. The van der Waals surface area contributed by atoms with Crippen LogP contribution < -0.4 is 5.32 Å². The number of nitrogens with zero attached hydrogens (tertiary/aromatic N) is 1. The predicted molar refractivity (Wildman–Crippen MR) is 88.3 cm³/mol. The second-order valence-corrected chi connectivity index (χ2v) is 7.02. The largest absolute Gasteiger partial charge is 0.343 e. The summed E-state index contributed by atoms with van der Waals surface area (Å²) in [6, 6.07) is 11.0. The molecule has 0 spiro atoms. The van der Waals surface area contributed by atoms with Gasteiger partial charge in [0.15, 0.2) is 0 Å². The van der Waals surface area contributed by atoms with Crippen LogP contribution in [-0.2, 0) is 10.8 Å². The zero-order chi connectivity index (χ0) is 16.1. The minimum Gasteiger partial charge on any atom is -0.343 e. The summed E-state index contributed by atoms with van der Waals surface area (Å²) in [4.78, 5) is 12.4. The zero-order valence-corrected chi connectivity index (χ0v) is 13.8. The monoisotopic (exact) mass is 319 g/mol. The van der Waals surface area contributed by atoms with Gasteiger partial charge in [-0.25, -0.2) is 0 Å². The quantitative estimate of drug-likeness (QED) is 0.858. The number of aromatic nitrogens is 2. The van der Waals surface area contributed by atoms with Gasteiger partial charge in [-0.2, -0.15) is 5.10 Å². The molecule has 0 bridgehead atoms. The standard InChI is InChI=1S/C16H21N3O2S/c1-11(2)13-9-14(19-18-13)16(20)17-15(10-22(3)21)12-7-5-4-6-8-12/h4-9,11,15H,10H2,1-3H3,(H,17,20)(H,18,19)/t15-,22+/m0/s1. The van der Waals surface area contributed by atoms with Crippen molar-refractivity contribution in [2.45, 2.75) is 25.8 Å². The number of amides is 1. The number of aromatic amines is 1. The van der Waals surface area contributed by atoms with Crippen molar-refractivity contribution in [1.82, 2.24) is 15.5 Å². The summed E-state index contributed by atoms with van der Waals surface area (Å²) in [7, 11) is -1.01. The molecule has 0 aliphatic heterocycles. The van der Waals surface area contributed by atoms with E-state index in [-0.39, 0.29) is 17.9 Å². The van der Waals surface area contributed by atoms with Crippen LogP contribution in [-0.4, -0.2) is 32.3 Å². The Bertz CT molecular complexity index is 652. The molecule has 6 heteroatoms. The Hall–Kier alpha value is -1.95. The molecule has 1 heterocycles. The number of hydrogen-bond acceptors (Lipinski definition) is 3. The lowest BCUT2D eigenvalue weighted by atomic mass is 10.1. The highest BCUT2D eigenvalue weighted by Gasteiger charge is 2.19. The minimum absolute atomic E-state index is 0.262. The average Bonchev–Trinajstić information content (AvgIpc) is 2.97. The van der Waals surface area contributed by atoms with Crippen molar-refractivity contribution in [3.63, 3.8) is 0 Å². The number of rotatable bonds is 6. The summed E-state index contributed by atoms with van der Waals surface area (Å²) < 4.78 is 11.6. The SMILES string of the molecule is CC(C)c1cc(C(=O)N[C@@H](C[S@@](C)=O)c2ccccc2)n[nH]1. The van der Waals surface area contributed by atoms with E-state index in [4.69, 9.17) is 0 Å². The van der Waals surface area contributed by atoms with Gasteiger partial charge in [-0.15, -0.1) is 0 Å². The number of benzene rings is 1. The second kappa shape index (κ2) is 7.35. The van der Waals surface area contributed by atoms with Crippen molar-refractivity contribution in [1.29, 1.82) is 0 Å². The Morgan fingerprint density at radius 2 is 2.00 bits per heavy atom. The van der Waals surface area contributed by atoms with Gasteiger partial charge in [0.25, 0.3) is 5.91 Å². The molecule has 22 heavy (non-hydrogen) atoms. The van der Waals surface area contributed by atoms with E-state index in [0.717, 1.165) is 11.3 Å². The lowest BCUT2D eigenvalue weighted by Crippen LogP contribution is -2.32. The van der Waals surface area contributed by atoms with Crippen molar-refractivity contribution in [2.75, 3.05) is 12.0 Å². The number of hydrogen-bond donors (Lipinski definition) is 2. The van der Waals surface area contributed by atoms with Crippen LogP contribution in [0.3, 0.4) is 0 Å². The Kier molecular flexibility index (Phi) is 5.49. The van der Waals surface area contributed by atoms with Crippen molar-refractivity contribution in [3.05, 3.63) is 53.3 Å².